The lowest BCUT2D eigenvalue weighted by molar-refractivity contribution is 0.326. The molecule has 0 amide bonds. The number of nitrogens with one attached hydrogen (secondary N) is 1. The van der Waals surface area contributed by atoms with Gasteiger partial charge in [0.15, 0.2) is 0 Å². The quantitative estimate of drug-likeness (QED) is 0.743. The second-order valence-corrected chi connectivity index (χ2v) is 4.42. The Labute approximate surface area is 104 Å². The molecule has 4 heteroatoms. The molecule has 1 unspecified atom stereocenters. The van der Waals surface area contributed by atoms with Crippen LogP contribution in [0.4, 0.5) is 11.4 Å². The number of anilines is 2. The summed E-state index contributed by atoms with van der Waals surface area (Å²) < 4.78 is 5.45. The van der Waals surface area contributed by atoms with E-state index in [0.29, 0.717) is 12.6 Å². The van der Waals surface area contributed by atoms with Crippen LogP contribution in [0.15, 0.2) is 18.2 Å². The van der Waals surface area contributed by atoms with Gasteiger partial charge < -0.3 is 20.7 Å². The predicted octanol–water partition coefficient (Wildman–Crippen LogP) is 2.03. The van der Waals surface area contributed by atoms with E-state index in [1.54, 1.807) is 0 Å². The van der Waals surface area contributed by atoms with Gasteiger partial charge in [0, 0.05) is 36.1 Å². The van der Waals surface area contributed by atoms with Crippen molar-refractivity contribution in [1.82, 2.24) is 4.90 Å². The number of nitrogen functional groups attached to an aromatic ring is 1. The minimum Gasteiger partial charge on any atom is -0.494 e. The Morgan fingerprint density at radius 3 is 2.65 bits per heavy atom. The number of ether oxygens (including phenoxy) is 1. The normalized spacial score (nSPS) is 12.5. The summed E-state index contributed by atoms with van der Waals surface area (Å²) in [6, 6.07) is 6.20. The Kier molecular flexibility index (Phi) is 5.10. The van der Waals surface area contributed by atoms with Crippen molar-refractivity contribution in [2.24, 2.45) is 0 Å². The van der Waals surface area contributed by atoms with Crippen LogP contribution in [-0.4, -0.2) is 38.2 Å². The van der Waals surface area contributed by atoms with Crippen molar-refractivity contribution in [3.8, 4) is 5.75 Å². The first-order chi connectivity index (χ1) is 8.02. The minimum atomic E-state index is 0.465. The molecule has 0 saturated carbocycles. The summed E-state index contributed by atoms with van der Waals surface area (Å²) in [7, 11) is 4.13. The Hall–Kier alpha value is -1.42. The van der Waals surface area contributed by atoms with Crippen LogP contribution in [0.2, 0.25) is 0 Å². The Balaban J connectivity index is 2.64. The van der Waals surface area contributed by atoms with Crippen LogP contribution in [0.1, 0.15) is 13.8 Å². The topological polar surface area (TPSA) is 50.5 Å². The molecule has 17 heavy (non-hydrogen) atoms. The Bertz CT molecular complexity index is 353. The number of likely N-dealkylation sites (N-methyl/N-ethyl adjacent to an activating group) is 1. The Morgan fingerprint density at radius 2 is 2.06 bits per heavy atom. The molecule has 0 spiro atoms. The molecular formula is C13H23N3O. The van der Waals surface area contributed by atoms with Crippen molar-refractivity contribution >= 4 is 11.4 Å². The smallest absolute Gasteiger partial charge is 0.123 e. The monoisotopic (exact) mass is 237 g/mol. The van der Waals surface area contributed by atoms with Crippen LogP contribution in [0.25, 0.3) is 0 Å². The van der Waals surface area contributed by atoms with Crippen LogP contribution < -0.4 is 15.8 Å². The van der Waals surface area contributed by atoms with Gasteiger partial charge in [0.2, 0.25) is 0 Å². The van der Waals surface area contributed by atoms with Crippen LogP contribution in [0.5, 0.6) is 5.75 Å². The molecule has 0 aliphatic rings. The van der Waals surface area contributed by atoms with Crippen molar-refractivity contribution in [1.29, 1.82) is 0 Å². The number of nitrogens with zero attached hydrogens (tertiary/aromatic N) is 1. The summed E-state index contributed by atoms with van der Waals surface area (Å²) in [4.78, 5) is 2.17. The first kappa shape index (κ1) is 13.6. The highest BCUT2D eigenvalue weighted by atomic mass is 16.5. The van der Waals surface area contributed by atoms with E-state index in [1.807, 2.05) is 25.1 Å². The van der Waals surface area contributed by atoms with Crippen LogP contribution >= 0.6 is 0 Å². The highest BCUT2D eigenvalue weighted by Gasteiger charge is 2.05. The van der Waals surface area contributed by atoms with Gasteiger partial charge in [-0.2, -0.15) is 0 Å². The zero-order valence-electron chi connectivity index (χ0n) is 11.2. The number of hydrogen-bond acceptors (Lipinski definition) is 4. The molecule has 0 bridgehead atoms. The van der Waals surface area contributed by atoms with E-state index in [1.165, 1.54) is 0 Å². The zero-order chi connectivity index (χ0) is 12.8. The maximum absolute atomic E-state index is 5.83. The second-order valence-electron chi connectivity index (χ2n) is 4.42. The fourth-order valence-electron chi connectivity index (χ4n) is 1.42. The number of nitrogens with two attached hydrogens (primary N) is 1. The molecule has 0 fully saturated rings. The van der Waals surface area contributed by atoms with Crippen LogP contribution in [0.3, 0.4) is 0 Å². The molecule has 1 rings (SSSR count). The number of benzene rings is 1. The van der Waals surface area contributed by atoms with Gasteiger partial charge in [-0.15, -0.1) is 0 Å². The molecule has 1 aromatic rings. The van der Waals surface area contributed by atoms with Crippen molar-refractivity contribution in [2.45, 2.75) is 19.9 Å². The van der Waals surface area contributed by atoms with E-state index in [-0.39, 0.29) is 0 Å². The van der Waals surface area contributed by atoms with Gasteiger partial charge in [0.05, 0.1) is 6.61 Å². The van der Waals surface area contributed by atoms with Crippen LogP contribution in [-0.2, 0) is 0 Å². The van der Waals surface area contributed by atoms with Gasteiger partial charge in [-0.25, -0.2) is 0 Å². The summed E-state index contributed by atoms with van der Waals surface area (Å²) in [5.41, 5.74) is 7.55. The fourth-order valence-corrected chi connectivity index (χ4v) is 1.42. The van der Waals surface area contributed by atoms with E-state index in [0.717, 1.165) is 23.7 Å². The minimum absolute atomic E-state index is 0.465. The first-order valence-electron chi connectivity index (χ1n) is 5.96. The lowest BCUT2D eigenvalue weighted by Gasteiger charge is -2.21. The van der Waals surface area contributed by atoms with Gasteiger partial charge in [0.1, 0.15) is 5.75 Å². The molecule has 0 aliphatic carbocycles. The standard InChI is InChI=1S/C13H23N3O/c1-5-17-13-7-11(14)6-12(8-13)15-9-10(2)16(3)4/h6-8,10,15H,5,9,14H2,1-4H3. The van der Waals surface area contributed by atoms with Crippen molar-refractivity contribution in [2.75, 3.05) is 38.3 Å². The summed E-state index contributed by atoms with van der Waals surface area (Å²) >= 11 is 0. The molecule has 0 saturated heterocycles. The molecule has 4 nitrogen and oxygen atoms in total. The lowest BCUT2D eigenvalue weighted by Crippen LogP contribution is -2.31. The largest absolute Gasteiger partial charge is 0.494 e. The zero-order valence-corrected chi connectivity index (χ0v) is 11.2. The molecule has 0 radical (unpaired) electrons. The third-order valence-electron chi connectivity index (χ3n) is 2.72. The first-order valence-corrected chi connectivity index (χ1v) is 5.96. The Morgan fingerprint density at radius 1 is 1.35 bits per heavy atom. The molecule has 3 N–H and O–H groups in total. The van der Waals surface area contributed by atoms with Gasteiger partial charge in [0.25, 0.3) is 0 Å². The van der Waals surface area contributed by atoms with Gasteiger partial charge in [-0.05, 0) is 34.0 Å². The SMILES string of the molecule is CCOc1cc(N)cc(NCC(C)N(C)C)c1. The molecule has 0 aromatic heterocycles. The predicted molar refractivity (Wildman–Crippen MR) is 73.7 cm³/mol. The highest BCUT2D eigenvalue weighted by molar-refractivity contribution is 5.59. The highest BCUT2D eigenvalue weighted by Crippen LogP contribution is 2.22. The van der Waals surface area contributed by atoms with E-state index in [9.17, 15) is 0 Å². The number of rotatable bonds is 6. The fraction of sp³-hybridized carbons (Fsp3) is 0.538. The van der Waals surface area contributed by atoms with E-state index in [2.05, 4.69) is 31.2 Å². The summed E-state index contributed by atoms with van der Waals surface area (Å²) in [5, 5.41) is 3.36. The maximum atomic E-state index is 5.83. The summed E-state index contributed by atoms with van der Waals surface area (Å²) in [5.74, 6) is 0.813. The number of hydrogen-bond donors (Lipinski definition) is 2. The van der Waals surface area contributed by atoms with Crippen LogP contribution in [0, 0.1) is 0 Å². The van der Waals surface area contributed by atoms with E-state index in [4.69, 9.17) is 10.5 Å². The third kappa shape index (κ3) is 4.53. The van der Waals surface area contributed by atoms with E-state index < -0.39 is 0 Å². The molecule has 96 valence electrons. The molecular weight excluding hydrogens is 214 g/mol. The average molecular weight is 237 g/mol. The van der Waals surface area contributed by atoms with Crippen molar-refractivity contribution < 1.29 is 4.74 Å². The lowest BCUT2D eigenvalue weighted by atomic mass is 10.2. The van der Waals surface area contributed by atoms with Gasteiger partial charge in [-0.1, -0.05) is 0 Å². The van der Waals surface area contributed by atoms with Gasteiger partial charge >= 0.3 is 0 Å². The van der Waals surface area contributed by atoms with Gasteiger partial charge in [-0.3, -0.25) is 0 Å². The van der Waals surface area contributed by atoms with E-state index >= 15 is 0 Å². The summed E-state index contributed by atoms with van der Waals surface area (Å²) in [6.07, 6.45) is 0. The molecule has 0 aliphatic heterocycles. The molecule has 1 atom stereocenters. The van der Waals surface area contributed by atoms with Crippen molar-refractivity contribution in [3.63, 3.8) is 0 Å². The maximum Gasteiger partial charge on any atom is 0.123 e. The third-order valence-corrected chi connectivity index (χ3v) is 2.72. The van der Waals surface area contributed by atoms with Crippen molar-refractivity contribution in [3.05, 3.63) is 18.2 Å². The molecule has 1 aromatic carbocycles. The summed E-state index contributed by atoms with van der Waals surface area (Å²) in [6.45, 7) is 5.66. The molecule has 0 heterocycles. The average Bonchev–Trinajstić information content (AvgIpc) is 2.25. The second kappa shape index (κ2) is 6.35.